The van der Waals surface area contributed by atoms with Crippen molar-refractivity contribution < 1.29 is 38.6 Å². The second-order valence-electron chi connectivity index (χ2n) is 12.4. The lowest BCUT2D eigenvalue weighted by atomic mass is 9.93. The van der Waals surface area contributed by atoms with Gasteiger partial charge in [-0.25, -0.2) is 4.79 Å². The Morgan fingerprint density at radius 3 is 1.98 bits per heavy atom. The van der Waals surface area contributed by atoms with E-state index in [1.54, 1.807) is 53.9 Å². The predicted molar refractivity (Wildman–Crippen MR) is 194 cm³/mol. The third kappa shape index (κ3) is 16.8. The van der Waals surface area contributed by atoms with Crippen molar-refractivity contribution in [1.82, 2.24) is 16.0 Å². The minimum atomic E-state index is -0.653. The fourth-order valence-electron chi connectivity index (χ4n) is 4.30. The molecule has 0 spiro atoms. The Bertz CT molecular complexity index is 1480. The summed E-state index contributed by atoms with van der Waals surface area (Å²) < 4.78 is 9.78. The number of rotatable bonds is 10. The SMILES string of the molecule is CC(C)(C)OC(=O)NC(C=O)Cc1ccc(O)cc1.CNC(C)C=O.CNC(CC1C(=O)Nc2ccccc21)C(=O)OC.Cc1ccccc1. The Morgan fingerprint density at radius 1 is 0.920 bits per heavy atom. The highest BCUT2D eigenvalue weighted by Gasteiger charge is 2.34. The van der Waals surface area contributed by atoms with Gasteiger partial charge >= 0.3 is 12.1 Å². The molecular weight excluding hydrogens is 640 g/mol. The molecule has 0 bridgehead atoms. The first-order valence-corrected chi connectivity index (χ1v) is 16.2. The first-order chi connectivity index (χ1) is 23.7. The Labute approximate surface area is 295 Å². The first-order valence-electron chi connectivity index (χ1n) is 16.2. The maximum Gasteiger partial charge on any atom is 0.408 e. The van der Waals surface area contributed by atoms with Crippen LogP contribution < -0.4 is 21.3 Å². The van der Waals surface area contributed by atoms with Gasteiger partial charge in [-0.15, -0.1) is 0 Å². The van der Waals surface area contributed by atoms with Crippen molar-refractivity contribution >= 4 is 36.2 Å². The van der Waals surface area contributed by atoms with Crippen molar-refractivity contribution in [2.75, 3.05) is 26.5 Å². The molecule has 0 radical (unpaired) electrons. The molecule has 1 aliphatic rings. The van der Waals surface area contributed by atoms with Crippen molar-refractivity contribution in [2.45, 2.75) is 77.1 Å². The number of fused-ring (bicyclic) bond motifs is 1. The zero-order chi connectivity index (χ0) is 37.7. The van der Waals surface area contributed by atoms with Crippen LogP contribution in [0.15, 0.2) is 78.9 Å². The average molecular weight is 693 g/mol. The molecule has 4 unspecified atom stereocenters. The number of aryl methyl sites for hydroxylation is 1. The molecule has 50 heavy (non-hydrogen) atoms. The maximum atomic E-state index is 11.9. The van der Waals surface area contributed by atoms with Crippen LogP contribution >= 0.6 is 0 Å². The Balaban J connectivity index is 0.000000371. The van der Waals surface area contributed by atoms with Crippen molar-refractivity contribution in [3.63, 3.8) is 0 Å². The van der Waals surface area contributed by atoms with E-state index in [4.69, 9.17) is 14.6 Å². The number of carbonyl (C=O) groups excluding carboxylic acids is 5. The molecule has 2 amide bonds. The van der Waals surface area contributed by atoms with Crippen LogP contribution in [0.4, 0.5) is 10.5 Å². The lowest BCUT2D eigenvalue weighted by Crippen LogP contribution is -2.41. The molecule has 12 heteroatoms. The number of anilines is 1. The number of methoxy groups -OCH3 is 1. The van der Waals surface area contributed by atoms with E-state index in [-0.39, 0.29) is 29.6 Å². The number of hydrogen-bond acceptors (Lipinski definition) is 10. The van der Waals surface area contributed by atoms with E-state index in [1.807, 2.05) is 42.5 Å². The monoisotopic (exact) mass is 692 g/mol. The van der Waals surface area contributed by atoms with E-state index in [1.165, 1.54) is 24.8 Å². The number of phenols is 1. The van der Waals surface area contributed by atoms with E-state index in [9.17, 15) is 24.0 Å². The highest BCUT2D eigenvalue weighted by molar-refractivity contribution is 6.03. The largest absolute Gasteiger partial charge is 0.508 e. The van der Waals surface area contributed by atoms with Gasteiger partial charge in [0.2, 0.25) is 5.91 Å². The highest BCUT2D eigenvalue weighted by atomic mass is 16.6. The average Bonchev–Trinajstić information content (AvgIpc) is 3.41. The van der Waals surface area contributed by atoms with Crippen LogP contribution in [0.5, 0.6) is 5.75 Å². The minimum Gasteiger partial charge on any atom is -0.508 e. The molecule has 272 valence electrons. The summed E-state index contributed by atoms with van der Waals surface area (Å²) in [5.41, 5.74) is 3.32. The van der Waals surface area contributed by atoms with Crippen molar-refractivity contribution in [1.29, 1.82) is 0 Å². The number of aromatic hydroxyl groups is 1. The molecule has 4 atom stereocenters. The van der Waals surface area contributed by atoms with Crippen LogP contribution in [0, 0.1) is 6.92 Å². The molecule has 0 aromatic heterocycles. The smallest absolute Gasteiger partial charge is 0.408 e. The van der Waals surface area contributed by atoms with Crippen LogP contribution in [0.25, 0.3) is 0 Å². The number of likely N-dealkylation sites (N-methyl/N-ethyl adjacent to an activating group) is 2. The van der Waals surface area contributed by atoms with Gasteiger partial charge in [-0.3, -0.25) is 9.59 Å². The van der Waals surface area contributed by atoms with Crippen molar-refractivity contribution in [3.05, 3.63) is 95.6 Å². The Hall–Kier alpha value is -5.07. The fourth-order valence-corrected chi connectivity index (χ4v) is 4.30. The quantitative estimate of drug-likeness (QED) is 0.148. The number of nitrogens with one attached hydrogen (secondary N) is 4. The van der Waals surface area contributed by atoms with Crippen LogP contribution in [0.2, 0.25) is 0 Å². The molecule has 1 heterocycles. The van der Waals surface area contributed by atoms with E-state index in [2.05, 4.69) is 40.3 Å². The van der Waals surface area contributed by atoms with E-state index in [0.717, 1.165) is 23.1 Å². The van der Waals surface area contributed by atoms with Gasteiger partial charge in [-0.2, -0.15) is 0 Å². The predicted octanol–water partition coefficient (Wildman–Crippen LogP) is 4.69. The molecule has 0 fully saturated rings. The van der Waals surface area contributed by atoms with Crippen LogP contribution in [0.1, 0.15) is 56.7 Å². The summed E-state index contributed by atoms with van der Waals surface area (Å²) in [6, 6.07) is 23.1. The van der Waals surface area contributed by atoms with Gasteiger partial charge in [-0.05, 0) is 90.9 Å². The van der Waals surface area contributed by atoms with Gasteiger partial charge in [0, 0.05) is 5.69 Å². The highest BCUT2D eigenvalue weighted by Crippen LogP contribution is 2.35. The summed E-state index contributed by atoms with van der Waals surface area (Å²) in [5.74, 6) is -0.570. The fraction of sp³-hybridized carbons (Fsp3) is 0.395. The van der Waals surface area contributed by atoms with Gasteiger partial charge in [0.05, 0.1) is 25.1 Å². The van der Waals surface area contributed by atoms with E-state index < -0.39 is 23.8 Å². The number of hydrogen-bond donors (Lipinski definition) is 5. The second kappa shape index (κ2) is 22.5. The number of phenolic OH excluding ortho intramolecular Hbond substituents is 1. The topological polar surface area (TPSA) is 172 Å². The number of carbonyl (C=O) groups is 5. The summed E-state index contributed by atoms with van der Waals surface area (Å²) in [6.07, 6.45) is 1.65. The molecule has 0 saturated heterocycles. The van der Waals surface area contributed by atoms with E-state index in [0.29, 0.717) is 19.1 Å². The molecule has 1 aliphatic heterocycles. The van der Waals surface area contributed by atoms with Crippen LogP contribution in [-0.4, -0.2) is 80.6 Å². The number of amides is 2. The number of esters is 1. The number of para-hydroxylation sites is 1. The number of alkyl carbamates (subject to hydrolysis) is 1. The van der Waals surface area contributed by atoms with Gasteiger partial charge < -0.3 is 45.4 Å². The van der Waals surface area contributed by atoms with Crippen LogP contribution in [0.3, 0.4) is 0 Å². The number of benzene rings is 3. The number of ether oxygens (including phenoxy) is 2. The molecule has 12 nitrogen and oxygen atoms in total. The lowest BCUT2D eigenvalue weighted by Gasteiger charge is -2.21. The number of aldehydes is 2. The molecule has 3 aromatic carbocycles. The summed E-state index contributed by atoms with van der Waals surface area (Å²) >= 11 is 0. The third-order valence-corrected chi connectivity index (χ3v) is 7.07. The van der Waals surface area contributed by atoms with Gasteiger partial charge in [0.25, 0.3) is 0 Å². The summed E-state index contributed by atoms with van der Waals surface area (Å²) in [5, 5.41) is 20.1. The molecule has 0 saturated carbocycles. The standard InChI is InChI=1S/C14H19NO4.C13H16N2O3.C7H8.C4H9NO/c1-14(2,3)19-13(18)15-11(9-16)8-10-4-6-12(17)7-5-10;1-14-11(13(17)18-2)7-9-8-5-3-4-6-10(8)15-12(9)16;1-7-5-3-2-4-6-7;1-4(3-6)5-2/h4-7,9,11,17H,8H2,1-3H3,(H,15,18);3-6,9,11,14H,7H2,1-2H3,(H,15,16);2-6H,1H3;3-5H,1-2H3. The van der Waals surface area contributed by atoms with Gasteiger partial charge in [-0.1, -0.05) is 66.2 Å². The molecule has 0 aliphatic carbocycles. The van der Waals surface area contributed by atoms with Crippen molar-refractivity contribution in [2.24, 2.45) is 0 Å². The lowest BCUT2D eigenvalue weighted by molar-refractivity contribution is -0.143. The molecular formula is C38H52N4O8. The zero-order valence-corrected chi connectivity index (χ0v) is 30.2. The van der Waals surface area contributed by atoms with E-state index >= 15 is 0 Å². The van der Waals surface area contributed by atoms with Crippen molar-refractivity contribution in [3.8, 4) is 5.75 Å². The zero-order valence-electron chi connectivity index (χ0n) is 30.2. The first kappa shape index (κ1) is 43.0. The maximum absolute atomic E-state index is 11.9. The molecule has 3 aromatic rings. The second-order valence-corrected chi connectivity index (χ2v) is 12.4. The third-order valence-electron chi connectivity index (χ3n) is 7.07. The molecule has 4 rings (SSSR count). The summed E-state index contributed by atoms with van der Waals surface area (Å²) in [7, 11) is 4.77. The Kier molecular flexibility index (Phi) is 19.4. The van der Waals surface area contributed by atoms with Crippen LogP contribution in [-0.2, 0) is 35.1 Å². The Morgan fingerprint density at radius 2 is 1.52 bits per heavy atom. The normalized spacial score (nSPS) is 14.5. The minimum absolute atomic E-state index is 0.00463. The summed E-state index contributed by atoms with van der Waals surface area (Å²) in [4.78, 5) is 55.6. The molecule has 5 N–H and O–H groups in total. The summed E-state index contributed by atoms with van der Waals surface area (Å²) in [6.45, 7) is 9.14. The van der Waals surface area contributed by atoms with Gasteiger partial charge in [0.15, 0.2) is 0 Å². The van der Waals surface area contributed by atoms with Gasteiger partial charge in [0.1, 0.15) is 30.0 Å².